The van der Waals surface area contributed by atoms with Crippen LogP contribution in [0.25, 0.3) is 16.0 Å². The predicted octanol–water partition coefficient (Wildman–Crippen LogP) is 6.04. The highest BCUT2D eigenvalue weighted by molar-refractivity contribution is 5.88. The van der Waals surface area contributed by atoms with Gasteiger partial charge in [-0.2, -0.15) is 21.0 Å². The fourth-order valence-corrected chi connectivity index (χ4v) is 3.15. The molecule has 0 aliphatic heterocycles. The summed E-state index contributed by atoms with van der Waals surface area (Å²) in [6.07, 6.45) is 7.60. The molecule has 0 unspecified atom stereocenters. The Morgan fingerprint density at radius 3 is 1.83 bits per heavy atom. The van der Waals surface area contributed by atoms with Crippen molar-refractivity contribution in [3.05, 3.63) is 130 Å². The maximum absolute atomic E-state index is 9.67. The number of benzene rings is 2. The van der Waals surface area contributed by atoms with Crippen molar-refractivity contribution in [1.82, 2.24) is 0 Å². The molecule has 0 aliphatic carbocycles. The first kappa shape index (κ1) is 25.3. The molecule has 0 bridgehead atoms. The van der Waals surface area contributed by atoms with Crippen molar-refractivity contribution in [3.63, 3.8) is 0 Å². The van der Waals surface area contributed by atoms with Crippen LogP contribution in [0.3, 0.4) is 0 Å². The molecule has 0 N–H and O–H groups in total. The normalized spacial score (nSPS) is 12.4. The van der Waals surface area contributed by atoms with Gasteiger partial charge < -0.3 is 0 Å². The molecule has 162 valence electrons. The van der Waals surface area contributed by atoms with Gasteiger partial charge in [0.2, 0.25) is 0 Å². The molecule has 0 saturated heterocycles. The van der Waals surface area contributed by atoms with Crippen molar-refractivity contribution in [2.75, 3.05) is 0 Å². The zero-order valence-corrected chi connectivity index (χ0v) is 18.4. The van der Waals surface area contributed by atoms with E-state index in [0.29, 0.717) is 16.7 Å². The highest BCUT2D eigenvalue weighted by atomic mass is 14.7. The van der Waals surface area contributed by atoms with Gasteiger partial charge in [-0.05, 0) is 23.3 Å². The van der Waals surface area contributed by atoms with Gasteiger partial charge in [-0.1, -0.05) is 78.9 Å². The molecule has 0 spiro atoms. The fourth-order valence-electron chi connectivity index (χ4n) is 3.15. The van der Waals surface area contributed by atoms with Crippen LogP contribution in [0.15, 0.2) is 108 Å². The number of rotatable bonds is 7. The van der Waals surface area contributed by atoms with Crippen molar-refractivity contribution in [1.29, 1.82) is 26.3 Å². The minimum Gasteiger partial charge on any atom is -0.226 e. The second kappa shape index (κ2) is 13.5. The van der Waals surface area contributed by atoms with Gasteiger partial charge >= 0.3 is 0 Å². The zero-order valence-electron chi connectivity index (χ0n) is 18.4. The van der Waals surface area contributed by atoms with Crippen molar-refractivity contribution in [2.24, 2.45) is 5.92 Å². The van der Waals surface area contributed by atoms with Crippen molar-refractivity contribution < 1.29 is 0 Å². The summed E-state index contributed by atoms with van der Waals surface area (Å²) < 4.78 is 0. The Morgan fingerprint density at radius 1 is 0.743 bits per heavy atom. The zero-order chi connectivity index (χ0) is 25.5. The standard InChI is InChI=1S/C29H16N6/c1-35-27(21-34)29(23-13-7-3-8-14-23)25(18-31)16-10-4-9-15-24(17-30)28(26(19-32)20-33)22-11-5-2-6-12-22/h2-16,26H/b10-4+,15-9+,25-16+,28-24-,29-27-. The van der Waals surface area contributed by atoms with E-state index >= 15 is 0 Å². The molecule has 6 nitrogen and oxygen atoms in total. The topological polar surface area (TPSA) is 123 Å². The van der Waals surface area contributed by atoms with Gasteiger partial charge in [0.1, 0.15) is 0 Å². The second-order valence-corrected chi connectivity index (χ2v) is 6.75. The molecule has 0 aliphatic rings. The average Bonchev–Trinajstić information content (AvgIpc) is 2.92. The van der Waals surface area contributed by atoms with Gasteiger partial charge in [-0.25, -0.2) is 10.1 Å². The summed E-state index contributed by atoms with van der Waals surface area (Å²) in [5, 5.41) is 47.5. The van der Waals surface area contributed by atoms with E-state index in [2.05, 4.69) is 4.85 Å². The Morgan fingerprint density at radius 2 is 1.34 bits per heavy atom. The maximum atomic E-state index is 9.67. The molecule has 6 heteroatoms. The highest BCUT2D eigenvalue weighted by Gasteiger charge is 2.18. The summed E-state index contributed by atoms with van der Waals surface area (Å²) in [6, 6.07) is 27.2. The van der Waals surface area contributed by atoms with E-state index in [0.717, 1.165) is 0 Å². The van der Waals surface area contributed by atoms with Crippen LogP contribution < -0.4 is 0 Å². The molecule has 0 aromatic heterocycles. The minimum atomic E-state index is -1.12. The molecule has 0 heterocycles. The van der Waals surface area contributed by atoms with Crippen molar-refractivity contribution >= 4 is 11.1 Å². The average molecular weight is 448 g/mol. The van der Waals surface area contributed by atoms with Crippen LogP contribution in [0.2, 0.25) is 0 Å². The van der Waals surface area contributed by atoms with Crippen LogP contribution in [0.1, 0.15) is 11.1 Å². The fraction of sp³-hybridized carbons (Fsp3) is 0.0345. The molecular weight excluding hydrogens is 432 g/mol. The summed E-state index contributed by atoms with van der Waals surface area (Å²) >= 11 is 0. The summed E-state index contributed by atoms with van der Waals surface area (Å²) in [5.41, 5.74) is 1.78. The number of nitrogens with zero attached hydrogens (tertiary/aromatic N) is 6. The molecule has 0 fully saturated rings. The van der Waals surface area contributed by atoms with Crippen LogP contribution in [0.5, 0.6) is 0 Å². The van der Waals surface area contributed by atoms with Crippen LogP contribution in [-0.4, -0.2) is 0 Å². The second-order valence-electron chi connectivity index (χ2n) is 6.75. The number of hydrogen-bond acceptors (Lipinski definition) is 5. The molecule has 0 saturated carbocycles. The van der Waals surface area contributed by atoms with Crippen molar-refractivity contribution in [3.8, 4) is 30.3 Å². The lowest BCUT2D eigenvalue weighted by molar-refractivity contribution is 1.10. The quantitative estimate of drug-likeness (QED) is 0.290. The highest BCUT2D eigenvalue weighted by Crippen LogP contribution is 2.28. The van der Waals surface area contributed by atoms with E-state index in [1.807, 2.05) is 30.3 Å². The number of allylic oxidation sites excluding steroid dienone is 10. The van der Waals surface area contributed by atoms with Gasteiger partial charge in [-0.3, -0.25) is 0 Å². The first-order valence-electron chi connectivity index (χ1n) is 10.2. The maximum Gasteiger partial charge on any atom is 0.270 e. The van der Waals surface area contributed by atoms with Crippen LogP contribution in [0.4, 0.5) is 0 Å². The first-order chi connectivity index (χ1) is 17.1. The largest absolute Gasteiger partial charge is 0.270 e. The smallest absolute Gasteiger partial charge is 0.226 e. The molecule has 0 radical (unpaired) electrons. The third-order valence-corrected chi connectivity index (χ3v) is 4.70. The molecule has 35 heavy (non-hydrogen) atoms. The van der Waals surface area contributed by atoms with Gasteiger partial charge in [0.05, 0.1) is 48.1 Å². The summed E-state index contributed by atoms with van der Waals surface area (Å²) in [5.74, 6) is -1.12. The van der Waals surface area contributed by atoms with Crippen LogP contribution in [0, 0.1) is 69.1 Å². The van der Waals surface area contributed by atoms with E-state index in [1.54, 1.807) is 78.9 Å². The molecule has 0 amide bonds. The summed E-state index contributed by atoms with van der Waals surface area (Å²) in [4.78, 5) is 3.26. The first-order valence-corrected chi connectivity index (χ1v) is 10.2. The van der Waals surface area contributed by atoms with Crippen LogP contribution in [-0.2, 0) is 0 Å². The van der Waals surface area contributed by atoms with Crippen LogP contribution >= 0.6 is 0 Å². The van der Waals surface area contributed by atoms with Gasteiger partial charge in [-0.15, -0.1) is 0 Å². The minimum absolute atomic E-state index is 0.128. The lowest BCUT2D eigenvalue weighted by Crippen LogP contribution is -2.01. The van der Waals surface area contributed by atoms with E-state index in [1.165, 1.54) is 12.2 Å². The third kappa shape index (κ3) is 6.53. The number of nitriles is 5. The van der Waals surface area contributed by atoms with E-state index in [4.69, 9.17) is 6.57 Å². The number of hydrogen-bond donors (Lipinski definition) is 0. The van der Waals surface area contributed by atoms with E-state index < -0.39 is 5.92 Å². The van der Waals surface area contributed by atoms with E-state index in [9.17, 15) is 26.3 Å². The Hall–Kier alpha value is -5.92. The Balaban J connectivity index is 2.48. The lowest BCUT2D eigenvalue weighted by atomic mass is 9.90. The molecule has 2 aromatic rings. The Bertz CT molecular complexity index is 1450. The monoisotopic (exact) mass is 448 g/mol. The SMILES string of the molecule is [C-]#[N+]\C(C#N)=C(/C(C#N)=C/C=C/C=C/C(C#N)=C(\c1ccccc1)C(C#N)C#N)c1ccccc1. The summed E-state index contributed by atoms with van der Waals surface area (Å²) in [6.45, 7) is 7.29. The summed E-state index contributed by atoms with van der Waals surface area (Å²) in [7, 11) is 0. The van der Waals surface area contributed by atoms with Crippen molar-refractivity contribution in [2.45, 2.75) is 0 Å². The van der Waals surface area contributed by atoms with E-state index in [-0.39, 0.29) is 22.4 Å². The lowest BCUT2D eigenvalue weighted by Gasteiger charge is -2.09. The molecule has 0 atom stereocenters. The Kier molecular flexibility index (Phi) is 9.76. The van der Waals surface area contributed by atoms with Gasteiger partial charge in [0.15, 0.2) is 5.92 Å². The molecule has 2 rings (SSSR count). The van der Waals surface area contributed by atoms with Gasteiger partial charge in [0, 0.05) is 11.1 Å². The molecular formula is C29H16N6. The predicted molar refractivity (Wildman–Crippen MR) is 131 cm³/mol. The third-order valence-electron chi connectivity index (χ3n) is 4.70. The Labute approximate surface area is 204 Å². The van der Waals surface area contributed by atoms with Gasteiger partial charge in [0.25, 0.3) is 5.70 Å². The molecule has 2 aromatic carbocycles.